The van der Waals surface area contributed by atoms with Gasteiger partial charge in [-0.2, -0.15) is 13.9 Å². The van der Waals surface area contributed by atoms with Crippen molar-refractivity contribution in [3.63, 3.8) is 0 Å². The Morgan fingerprint density at radius 1 is 1.24 bits per heavy atom. The molecule has 0 aliphatic rings. The predicted octanol–water partition coefficient (Wildman–Crippen LogP) is 3.99. The first-order valence-electron chi connectivity index (χ1n) is 7.21. The molecule has 0 amide bonds. The highest BCUT2D eigenvalue weighted by atomic mass is 79.9. The standard InChI is InChI=1S/C15H13BrF2N4O3/c1-3-22-7-9(16)12(21-22)14-20-19-13(25-14)8-4-5-10(24-15(17)18)11(6-8)23-2/h4-7,15H,3H2,1-2H3. The second-order valence-corrected chi connectivity index (χ2v) is 5.69. The molecule has 132 valence electrons. The second-order valence-electron chi connectivity index (χ2n) is 4.84. The molecule has 0 saturated carbocycles. The van der Waals surface area contributed by atoms with Crippen LogP contribution in [0.3, 0.4) is 0 Å². The molecule has 0 fully saturated rings. The van der Waals surface area contributed by atoms with E-state index in [0.717, 1.165) is 4.47 Å². The molecule has 2 heterocycles. The van der Waals surface area contributed by atoms with Crippen molar-refractivity contribution in [1.82, 2.24) is 20.0 Å². The van der Waals surface area contributed by atoms with Crippen LogP contribution in [0.4, 0.5) is 8.78 Å². The van der Waals surface area contributed by atoms with Gasteiger partial charge in [0.1, 0.15) is 0 Å². The van der Waals surface area contributed by atoms with Crippen LogP contribution in [0.25, 0.3) is 23.0 Å². The minimum Gasteiger partial charge on any atom is -0.493 e. The van der Waals surface area contributed by atoms with Crippen LogP contribution in [0.15, 0.2) is 33.3 Å². The summed E-state index contributed by atoms with van der Waals surface area (Å²) in [6.45, 7) is -0.291. The van der Waals surface area contributed by atoms with Crippen molar-refractivity contribution in [1.29, 1.82) is 0 Å². The van der Waals surface area contributed by atoms with Crippen LogP contribution in [0, 0.1) is 0 Å². The third-order valence-corrected chi connectivity index (χ3v) is 3.88. The Labute approximate surface area is 149 Å². The van der Waals surface area contributed by atoms with Crippen molar-refractivity contribution in [3.8, 4) is 34.5 Å². The van der Waals surface area contributed by atoms with Gasteiger partial charge in [0.2, 0.25) is 5.89 Å². The number of nitrogens with zero attached hydrogens (tertiary/aromatic N) is 4. The molecule has 0 aliphatic carbocycles. The average molecular weight is 415 g/mol. The molecule has 10 heteroatoms. The summed E-state index contributed by atoms with van der Waals surface area (Å²) >= 11 is 3.40. The first-order valence-corrected chi connectivity index (χ1v) is 8.01. The van der Waals surface area contributed by atoms with E-state index in [1.807, 2.05) is 6.92 Å². The quantitative estimate of drug-likeness (QED) is 0.606. The Kier molecular flexibility index (Phi) is 4.98. The SMILES string of the molecule is CCn1cc(Br)c(-c2nnc(-c3ccc(OC(F)F)c(OC)c3)o2)n1. The Hall–Kier alpha value is -2.49. The maximum Gasteiger partial charge on any atom is 0.387 e. The van der Waals surface area contributed by atoms with Crippen LogP contribution >= 0.6 is 15.9 Å². The topological polar surface area (TPSA) is 75.2 Å². The van der Waals surface area contributed by atoms with Gasteiger partial charge < -0.3 is 13.9 Å². The van der Waals surface area contributed by atoms with E-state index in [1.165, 1.54) is 25.3 Å². The summed E-state index contributed by atoms with van der Waals surface area (Å²) in [5, 5.41) is 12.3. The highest BCUT2D eigenvalue weighted by molar-refractivity contribution is 9.10. The Morgan fingerprint density at radius 3 is 2.64 bits per heavy atom. The van der Waals surface area contributed by atoms with Crippen LogP contribution in [-0.4, -0.2) is 33.7 Å². The monoisotopic (exact) mass is 414 g/mol. The number of alkyl halides is 2. The van der Waals surface area contributed by atoms with Crippen LogP contribution in [0.2, 0.25) is 0 Å². The van der Waals surface area contributed by atoms with Gasteiger partial charge in [-0.3, -0.25) is 4.68 Å². The number of rotatable bonds is 6. The highest BCUT2D eigenvalue weighted by Gasteiger charge is 2.18. The van der Waals surface area contributed by atoms with Gasteiger partial charge in [-0.1, -0.05) is 0 Å². The van der Waals surface area contributed by atoms with Crippen molar-refractivity contribution in [2.24, 2.45) is 0 Å². The van der Waals surface area contributed by atoms with E-state index in [0.29, 0.717) is 17.8 Å². The lowest BCUT2D eigenvalue weighted by Crippen LogP contribution is -2.03. The fourth-order valence-electron chi connectivity index (χ4n) is 2.13. The number of hydrogen-bond donors (Lipinski definition) is 0. The minimum atomic E-state index is -2.94. The van der Waals surface area contributed by atoms with Gasteiger partial charge in [0.05, 0.1) is 11.6 Å². The van der Waals surface area contributed by atoms with Gasteiger partial charge in [0.15, 0.2) is 17.2 Å². The third kappa shape index (κ3) is 3.63. The third-order valence-electron chi connectivity index (χ3n) is 3.30. The molecule has 0 saturated heterocycles. The molecule has 3 rings (SSSR count). The van der Waals surface area contributed by atoms with Crippen molar-refractivity contribution in [3.05, 3.63) is 28.9 Å². The maximum absolute atomic E-state index is 12.4. The lowest BCUT2D eigenvalue weighted by molar-refractivity contribution is -0.0512. The molecular weight excluding hydrogens is 402 g/mol. The Bertz CT molecular complexity index is 882. The fraction of sp³-hybridized carbons (Fsp3) is 0.267. The highest BCUT2D eigenvalue weighted by Crippen LogP contribution is 2.34. The molecule has 2 aromatic heterocycles. The molecule has 7 nitrogen and oxygen atoms in total. The number of benzene rings is 1. The van der Waals surface area contributed by atoms with E-state index in [-0.39, 0.29) is 23.3 Å². The molecule has 0 unspecified atom stereocenters. The summed E-state index contributed by atoms with van der Waals surface area (Å²) in [4.78, 5) is 0. The summed E-state index contributed by atoms with van der Waals surface area (Å²) < 4.78 is 42.3. The zero-order valence-corrected chi connectivity index (χ0v) is 14.8. The average Bonchev–Trinajstić information content (AvgIpc) is 3.21. The molecular formula is C15H13BrF2N4O3. The molecule has 0 atom stereocenters. The first-order chi connectivity index (χ1) is 12.0. The zero-order chi connectivity index (χ0) is 18.0. The van der Waals surface area contributed by atoms with Gasteiger partial charge in [-0.05, 0) is 41.1 Å². The van der Waals surface area contributed by atoms with Gasteiger partial charge in [0.25, 0.3) is 5.89 Å². The number of hydrogen-bond acceptors (Lipinski definition) is 6. The lowest BCUT2D eigenvalue weighted by atomic mass is 10.2. The predicted molar refractivity (Wildman–Crippen MR) is 87.5 cm³/mol. The van der Waals surface area contributed by atoms with Crippen LogP contribution in [-0.2, 0) is 6.54 Å². The van der Waals surface area contributed by atoms with Gasteiger partial charge in [0, 0.05) is 18.3 Å². The number of ether oxygens (including phenoxy) is 2. The first kappa shape index (κ1) is 17.3. The van der Waals surface area contributed by atoms with Gasteiger partial charge >= 0.3 is 6.61 Å². The normalized spacial score (nSPS) is 11.1. The van der Waals surface area contributed by atoms with Crippen molar-refractivity contribution < 1.29 is 22.7 Å². The Balaban J connectivity index is 1.92. The molecule has 3 aromatic rings. The summed E-state index contributed by atoms with van der Waals surface area (Å²) in [6.07, 6.45) is 1.80. The van der Waals surface area contributed by atoms with Gasteiger partial charge in [-0.15, -0.1) is 10.2 Å². The van der Waals surface area contributed by atoms with Crippen LogP contribution in [0.5, 0.6) is 11.5 Å². The van der Waals surface area contributed by atoms with Crippen LogP contribution in [0.1, 0.15) is 6.92 Å². The van der Waals surface area contributed by atoms with E-state index >= 15 is 0 Å². The van der Waals surface area contributed by atoms with Gasteiger partial charge in [-0.25, -0.2) is 0 Å². The summed E-state index contributed by atoms with van der Waals surface area (Å²) in [7, 11) is 1.35. The van der Waals surface area contributed by atoms with Crippen LogP contribution < -0.4 is 9.47 Å². The van der Waals surface area contributed by atoms with E-state index < -0.39 is 6.61 Å². The molecule has 25 heavy (non-hydrogen) atoms. The summed E-state index contributed by atoms with van der Waals surface area (Å²) in [5.41, 5.74) is 1.02. The Morgan fingerprint density at radius 2 is 2.00 bits per heavy atom. The number of aromatic nitrogens is 4. The maximum atomic E-state index is 12.4. The fourth-order valence-corrected chi connectivity index (χ4v) is 2.62. The molecule has 1 aromatic carbocycles. The van der Waals surface area contributed by atoms with E-state index in [1.54, 1.807) is 10.9 Å². The zero-order valence-electron chi connectivity index (χ0n) is 13.2. The number of aryl methyl sites for hydroxylation is 1. The summed E-state index contributed by atoms with van der Waals surface area (Å²) in [5.74, 6) is 0.496. The van der Waals surface area contributed by atoms with Crippen molar-refractivity contribution >= 4 is 15.9 Å². The largest absolute Gasteiger partial charge is 0.493 e. The van der Waals surface area contributed by atoms with Crippen molar-refractivity contribution in [2.45, 2.75) is 20.1 Å². The lowest BCUT2D eigenvalue weighted by Gasteiger charge is -2.10. The molecule has 0 N–H and O–H groups in total. The summed E-state index contributed by atoms with van der Waals surface area (Å²) in [6, 6.07) is 4.36. The molecule has 0 aliphatic heterocycles. The number of halogens is 3. The smallest absolute Gasteiger partial charge is 0.387 e. The molecule has 0 bridgehead atoms. The molecule has 0 radical (unpaired) electrons. The second kappa shape index (κ2) is 7.18. The van der Waals surface area contributed by atoms with E-state index in [2.05, 4.69) is 36.0 Å². The number of methoxy groups -OCH3 is 1. The molecule has 0 spiro atoms. The van der Waals surface area contributed by atoms with E-state index in [9.17, 15) is 8.78 Å². The minimum absolute atomic E-state index is 0.0783. The van der Waals surface area contributed by atoms with E-state index in [4.69, 9.17) is 9.15 Å². The van der Waals surface area contributed by atoms with Crippen molar-refractivity contribution in [2.75, 3.05) is 7.11 Å².